The molecule has 0 unspecified atom stereocenters. The molecule has 1 fully saturated rings. The molecule has 0 amide bonds. The van der Waals surface area contributed by atoms with Crippen LogP contribution in [-0.4, -0.2) is 17.7 Å². The maximum absolute atomic E-state index is 11.7. The Bertz CT molecular complexity index is 585. The van der Waals surface area contributed by atoms with Crippen molar-refractivity contribution in [1.29, 1.82) is 0 Å². The minimum Gasteiger partial charge on any atom is -0.419 e. The Balaban J connectivity index is 2.19. The number of halogens is 1. The number of rotatable bonds is 2. The van der Waals surface area contributed by atoms with E-state index in [0.717, 1.165) is 15.7 Å². The Morgan fingerprint density at radius 2 is 1.80 bits per heavy atom. The number of carbonyl (C=O) groups excluding carboxylic acids is 2. The normalized spacial score (nSPS) is 17.3. The summed E-state index contributed by atoms with van der Waals surface area (Å²) in [5, 5.41) is 2.91. The first-order valence-corrected chi connectivity index (χ1v) is 6.77. The summed E-state index contributed by atoms with van der Waals surface area (Å²) < 4.78 is 10.9. The minimum absolute atomic E-state index is 0.161. The summed E-state index contributed by atoms with van der Waals surface area (Å²) in [4.78, 5) is 23.5. The van der Waals surface area contributed by atoms with Gasteiger partial charge in [0.15, 0.2) is 5.57 Å². The number of ether oxygens (including phenoxy) is 2. The van der Waals surface area contributed by atoms with Crippen LogP contribution in [0.3, 0.4) is 0 Å². The first-order chi connectivity index (χ1) is 9.28. The van der Waals surface area contributed by atoms with Crippen molar-refractivity contribution in [3.05, 3.63) is 40.0 Å². The second kappa shape index (κ2) is 5.28. The number of aryl methyl sites for hydroxylation is 1. The van der Waals surface area contributed by atoms with Gasteiger partial charge in [-0.25, -0.2) is 9.59 Å². The Hall–Kier alpha value is -1.82. The van der Waals surface area contributed by atoms with Gasteiger partial charge < -0.3 is 14.8 Å². The van der Waals surface area contributed by atoms with Crippen LogP contribution in [0.5, 0.6) is 0 Å². The number of nitrogens with one attached hydrogen (secondary N) is 1. The quantitative estimate of drug-likeness (QED) is 0.510. The third kappa shape index (κ3) is 3.19. The maximum atomic E-state index is 11.7. The fourth-order valence-electron chi connectivity index (χ4n) is 1.72. The first kappa shape index (κ1) is 14.6. The number of hydrogen-bond acceptors (Lipinski definition) is 5. The Morgan fingerprint density at radius 3 is 2.35 bits per heavy atom. The molecule has 1 aromatic rings. The van der Waals surface area contributed by atoms with Crippen LogP contribution in [0.2, 0.25) is 0 Å². The third-order valence-electron chi connectivity index (χ3n) is 2.68. The highest BCUT2D eigenvalue weighted by Gasteiger charge is 2.38. The minimum atomic E-state index is -1.22. The van der Waals surface area contributed by atoms with Crippen LogP contribution >= 0.6 is 15.9 Å². The van der Waals surface area contributed by atoms with Gasteiger partial charge in [0, 0.05) is 30.2 Å². The van der Waals surface area contributed by atoms with E-state index >= 15 is 0 Å². The number of carbonyl (C=O) groups is 2. The summed E-state index contributed by atoms with van der Waals surface area (Å²) in [5.41, 5.74) is 1.59. The molecule has 0 spiro atoms. The van der Waals surface area contributed by atoms with Crippen molar-refractivity contribution in [3.8, 4) is 0 Å². The fourth-order valence-corrected chi connectivity index (χ4v) is 2.19. The molecule has 0 bridgehead atoms. The van der Waals surface area contributed by atoms with Gasteiger partial charge in [-0.3, -0.25) is 0 Å². The van der Waals surface area contributed by atoms with E-state index in [0.29, 0.717) is 0 Å². The van der Waals surface area contributed by atoms with Gasteiger partial charge in [0.1, 0.15) is 0 Å². The zero-order valence-corrected chi connectivity index (χ0v) is 12.9. The molecule has 0 atom stereocenters. The van der Waals surface area contributed by atoms with Gasteiger partial charge in [-0.1, -0.05) is 15.9 Å². The van der Waals surface area contributed by atoms with Crippen LogP contribution in [0.1, 0.15) is 19.4 Å². The smallest absolute Gasteiger partial charge is 0.350 e. The molecule has 1 N–H and O–H groups in total. The average molecular weight is 340 g/mol. The van der Waals surface area contributed by atoms with E-state index < -0.39 is 17.7 Å². The lowest BCUT2D eigenvalue weighted by atomic mass is 10.2. The second-order valence-electron chi connectivity index (χ2n) is 4.84. The van der Waals surface area contributed by atoms with Crippen molar-refractivity contribution in [2.24, 2.45) is 0 Å². The standard InChI is InChI=1S/C14H14BrNO4/c1-8-6-9(15)4-5-11(8)16-7-10-12(17)19-14(2,3)20-13(10)18/h4-7,16H,1-3H3. The van der Waals surface area contributed by atoms with E-state index in [-0.39, 0.29) is 5.57 Å². The van der Waals surface area contributed by atoms with E-state index in [9.17, 15) is 9.59 Å². The van der Waals surface area contributed by atoms with Gasteiger partial charge in [-0.15, -0.1) is 0 Å². The van der Waals surface area contributed by atoms with E-state index in [1.807, 2.05) is 25.1 Å². The zero-order chi connectivity index (χ0) is 14.9. The summed E-state index contributed by atoms with van der Waals surface area (Å²) >= 11 is 3.36. The van der Waals surface area contributed by atoms with Gasteiger partial charge in [-0.2, -0.15) is 0 Å². The van der Waals surface area contributed by atoms with Gasteiger partial charge >= 0.3 is 11.9 Å². The van der Waals surface area contributed by atoms with Crippen LogP contribution in [0, 0.1) is 6.92 Å². The number of hydrogen-bond donors (Lipinski definition) is 1. The molecule has 0 aliphatic carbocycles. The molecule has 20 heavy (non-hydrogen) atoms. The van der Waals surface area contributed by atoms with Crippen molar-refractivity contribution in [3.63, 3.8) is 0 Å². The predicted molar refractivity (Wildman–Crippen MR) is 76.8 cm³/mol. The van der Waals surface area contributed by atoms with Crippen molar-refractivity contribution in [2.75, 3.05) is 5.32 Å². The molecule has 1 saturated heterocycles. The molecule has 6 heteroatoms. The highest BCUT2D eigenvalue weighted by molar-refractivity contribution is 9.10. The molecular formula is C14H14BrNO4. The van der Waals surface area contributed by atoms with Crippen LogP contribution in [0.25, 0.3) is 0 Å². The highest BCUT2D eigenvalue weighted by Crippen LogP contribution is 2.24. The second-order valence-corrected chi connectivity index (χ2v) is 5.76. The van der Waals surface area contributed by atoms with E-state index in [2.05, 4.69) is 21.2 Å². The van der Waals surface area contributed by atoms with Crippen molar-refractivity contribution in [2.45, 2.75) is 26.6 Å². The molecular weight excluding hydrogens is 326 g/mol. The molecule has 0 radical (unpaired) electrons. The summed E-state index contributed by atoms with van der Waals surface area (Å²) in [6.45, 7) is 4.92. The summed E-state index contributed by atoms with van der Waals surface area (Å²) in [5.74, 6) is -2.62. The van der Waals surface area contributed by atoms with E-state index in [1.54, 1.807) is 0 Å². The van der Waals surface area contributed by atoms with Crippen molar-refractivity contribution in [1.82, 2.24) is 0 Å². The van der Waals surface area contributed by atoms with E-state index in [4.69, 9.17) is 9.47 Å². The van der Waals surface area contributed by atoms with Crippen LogP contribution in [0.15, 0.2) is 34.4 Å². The molecule has 5 nitrogen and oxygen atoms in total. The van der Waals surface area contributed by atoms with E-state index in [1.165, 1.54) is 20.0 Å². The topological polar surface area (TPSA) is 64.6 Å². The maximum Gasteiger partial charge on any atom is 0.350 e. The lowest BCUT2D eigenvalue weighted by molar-refractivity contribution is -0.222. The van der Waals surface area contributed by atoms with Crippen LogP contribution in [0.4, 0.5) is 5.69 Å². The zero-order valence-electron chi connectivity index (χ0n) is 11.3. The lowest BCUT2D eigenvalue weighted by Gasteiger charge is -2.29. The average Bonchev–Trinajstić information content (AvgIpc) is 2.28. The summed E-state index contributed by atoms with van der Waals surface area (Å²) in [6, 6.07) is 5.61. The number of benzene rings is 1. The molecule has 0 aromatic heterocycles. The molecule has 1 heterocycles. The van der Waals surface area contributed by atoms with Crippen molar-refractivity contribution >= 4 is 33.6 Å². The van der Waals surface area contributed by atoms with Gasteiger partial charge in [-0.05, 0) is 30.7 Å². The third-order valence-corrected chi connectivity index (χ3v) is 3.17. The Morgan fingerprint density at radius 1 is 1.20 bits per heavy atom. The molecule has 0 saturated carbocycles. The molecule has 1 aliphatic rings. The molecule has 1 aliphatic heterocycles. The fraction of sp³-hybridized carbons (Fsp3) is 0.286. The Kier molecular flexibility index (Phi) is 3.85. The SMILES string of the molecule is Cc1cc(Br)ccc1NC=C1C(=O)OC(C)(C)OC1=O. The summed E-state index contributed by atoms with van der Waals surface area (Å²) in [6.07, 6.45) is 1.30. The van der Waals surface area contributed by atoms with Crippen molar-refractivity contribution < 1.29 is 19.1 Å². The number of anilines is 1. The highest BCUT2D eigenvalue weighted by atomic mass is 79.9. The van der Waals surface area contributed by atoms with Crippen LogP contribution < -0.4 is 5.32 Å². The molecule has 106 valence electrons. The predicted octanol–water partition coefficient (Wildman–Crippen LogP) is 2.89. The Labute approximate surface area is 125 Å². The van der Waals surface area contributed by atoms with Gasteiger partial charge in [0.2, 0.25) is 0 Å². The van der Waals surface area contributed by atoms with Gasteiger partial charge in [0.25, 0.3) is 5.79 Å². The monoisotopic (exact) mass is 339 g/mol. The van der Waals surface area contributed by atoms with Gasteiger partial charge in [0.05, 0.1) is 0 Å². The number of esters is 2. The lowest BCUT2D eigenvalue weighted by Crippen LogP contribution is -2.42. The first-order valence-electron chi connectivity index (χ1n) is 5.98. The summed E-state index contributed by atoms with van der Waals surface area (Å²) in [7, 11) is 0. The number of cyclic esters (lactones) is 2. The molecule has 1 aromatic carbocycles. The molecule has 2 rings (SSSR count). The van der Waals surface area contributed by atoms with Crippen LogP contribution in [-0.2, 0) is 19.1 Å². The largest absolute Gasteiger partial charge is 0.419 e.